The Morgan fingerprint density at radius 3 is 2.56 bits per heavy atom. The van der Waals surface area contributed by atoms with E-state index in [9.17, 15) is 14.3 Å². The van der Waals surface area contributed by atoms with E-state index in [0.29, 0.717) is 13.1 Å². The van der Waals surface area contributed by atoms with E-state index in [4.69, 9.17) is 0 Å². The largest absolute Gasteiger partial charge is 0.508 e. The summed E-state index contributed by atoms with van der Waals surface area (Å²) in [5, 5.41) is 9.21. The highest BCUT2D eigenvalue weighted by atomic mass is 19.1. The number of rotatable bonds is 4. The standard InChI is InChI=1S/C12H16FNO2/c1-3-14(4-2)12(16)8-9-7-10(15)5-6-11(9)13/h5-7,15H,3-4,8H2,1-2H3. The molecular formula is C12H16FNO2. The molecule has 1 aromatic carbocycles. The second-order valence-electron chi connectivity index (χ2n) is 3.52. The lowest BCUT2D eigenvalue weighted by Gasteiger charge is -2.18. The fourth-order valence-corrected chi connectivity index (χ4v) is 1.55. The summed E-state index contributed by atoms with van der Waals surface area (Å²) in [5.41, 5.74) is 0.233. The van der Waals surface area contributed by atoms with Crippen molar-refractivity contribution in [1.29, 1.82) is 0 Å². The van der Waals surface area contributed by atoms with E-state index in [1.165, 1.54) is 18.2 Å². The van der Waals surface area contributed by atoms with Crippen LogP contribution in [0.15, 0.2) is 18.2 Å². The fourth-order valence-electron chi connectivity index (χ4n) is 1.55. The van der Waals surface area contributed by atoms with Gasteiger partial charge >= 0.3 is 0 Å². The molecule has 1 N–H and O–H groups in total. The summed E-state index contributed by atoms with van der Waals surface area (Å²) in [6, 6.07) is 3.72. The molecule has 0 aliphatic heterocycles. The van der Waals surface area contributed by atoms with E-state index < -0.39 is 5.82 Å². The molecule has 0 bridgehead atoms. The maximum Gasteiger partial charge on any atom is 0.227 e. The van der Waals surface area contributed by atoms with E-state index in [-0.39, 0.29) is 23.6 Å². The van der Waals surface area contributed by atoms with Crippen LogP contribution in [0.4, 0.5) is 4.39 Å². The summed E-state index contributed by atoms with van der Waals surface area (Å²) in [6.07, 6.45) is -0.0120. The number of phenols is 1. The van der Waals surface area contributed by atoms with Gasteiger partial charge in [-0.15, -0.1) is 0 Å². The van der Waals surface area contributed by atoms with E-state index in [1.54, 1.807) is 4.90 Å². The van der Waals surface area contributed by atoms with Crippen LogP contribution in [-0.4, -0.2) is 29.0 Å². The zero-order valence-corrected chi connectivity index (χ0v) is 9.53. The Kier molecular flexibility index (Phi) is 4.28. The Hall–Kier alpha value is -1.58. The number of hydrogen-bond acceptors (Lipinski definition) is 2. The number of carbonyl (C=O) groups is 1. The van der Waals surface area contributed by atoms with E-state index in [1.807, 2.05) is 13.8 Å². The Labute approximate surface area is 94.5 Å². The van der Waals surface area contributed by atoms with Gasteiger partial charge in [0.05, 0.1) is 6.42 Å². The van der Waals surface area contributed by atoms with Crippen LogP contribution in [0, 0.1) is 5.82 Å². The van der Waals surface area contributed by atoms with Crippen molar-refractivity contribution in [2.45, 2.75) is 20.3 Å². The van der Waals surface area contributed by atoms with E-state index >= 15 is 0 Å². The van der Waals surface area contributed by atoms with Crippen LogP contribution >= 0.6 is 0 Å². The summed E-state index contributed by atoms with van der Waals surface area (Å²) in [6.45, 7) is 4.96. The zero-order valence-electron chi connectivity index (χ0n) is 9.53. The summed E-state index contributed by atoms with van der Waals surface area (Å²) in [4.78, 5) is 13.3. The number of likely N-dealkylation sites (N-methyl/N-ethyl adjacent to an activating group) is 1. The van der Waals surface area contributed by atoms with Gasteiger partial charge in [0.1, 0.15) is 11.6 Å². The monoisotopic (exact) mass is 225 g/mol. The highest BCUT2D eigenvalue weighted by Gasteiger charge is 2.13. The number of benzene rings is 1. The molecule has 1 aromatic rings. The first-order chi connectivity index (χ1) is 7.58. The van der Waals surface area contributed by atoms with Gasteiger partial charge in [-0.3, -0.25) is 4.79 Å². The Balaban J connectivity index is 2.80. The predicted molar refractivity (Wildman–Crippen MR) is 59.7 cm³/mol. The maximum absolute atomic E-state index is 13.3. The predicted octanol–water partition coefficient (Wildman–Crippen LogP) is 1.94. The van der Waals surface area contributed by atoms with Gasteiger partial charge in [0.15, 0.2) is 0 Å². The summed E-state index contributed by atoms with van der Waals surface area (Å²) in [7, 11) is 0. The van der Waals surface area contributed by atoms with Crippen LogP contribution < -0.4 is 0 Å². The lowest BCUT2D eigenvalue weighted by molar-refractivity contribution is -0.130. The average molecular weight is 225 g/mol. The molecule has 4 heteroatoms. The topological polar surface area (TPSA) is 40.5 Å². The Morgan fingerprint density at radius 1 is 1.38 bits per heavy atom. The van der Waals surface area contributed by atoms with Gasteiger partial charge in [0.2, 0.25) is 5.91 Å². The second kappa shape index (κ2) is 5.49. The van der Waals surface area contributed by atoms with Crippen molar-refractivity contribution in [1.82, 2.24) is 4.90 Å². The molecule has 0 aliphatic rings. The maximum atomic E-state index is 13.3. The van der Waals surface area contributed by atoms with Gasteiger partial charge in [-0.05, 0) is 32.0 Å². The molecule has 0 aliphatic carbocycles. The quantitative estimate of drug-likeness (QED) is 0.850. The van der Waals surface area contributed by atoms with Crippen molar-refractivity contribution in [2.24, 2.45) is 0 Å². The van der Waals surface area contributed by atoms with Crippen LogP contribution in [0.5, 0.6) is 5.75 Å². The SMILES string of the molecule is CCN(CC)C(=O)Cc1cc(O)ccc1F. The van der Waals surface area contributed by atoms with Crippen LogP contribution in [0.25, 0.3) is 0 Å². The molecule has 0 aromatic heterocycles. The molecule has 88 valence electrons. The highest BCUT2D eigenvalue weighted by molar-refractivity contribution is 5.78. The van der Waals surface area contributed by atoms with Crippen molar-refractivity contribution < 1.29 is 14.3 Å². The molecule has 0 radical (unpaired) electrons. The van der Waals surface area contributed by atoms with E-state index in [2.05, 4.69) is 0 Å². The molecular weight excluding hydrogens is 209 g/mol. The molecule has 3 nitrogen and oxygen atoms in total. The number of carbonyl (C=O) groups excluding carboxylic acids is 1. The third-order valence-corrected chi connectivity index (χ3v) is 2.49. The minimum atomic E-state index is -0.460. The first-order valence-electron chi connectivity index (χ1n) is 5.33. The number of halogens is 1. The first kappa shape index (κ1) is 12.5. The third kappa shape index (κ3) is 2.95. The van der Waals surface area contributed by atoms with Crippen molar-refractivity contribution >= 4 is 5.91 Å². The lowest BCUT2D eigenvalue weighted by Crippen LogP contribution is -2.31. The number of hydrogen-bond donors (Lipinski definition) is 1. The fraction of sp³-hybridized carbons (Fsp3) is 0.417. The first-order valence-corrected chi connectivity index (χ1v) is 5.33. The molecule has 0 fully saturated rings. The molecule has 0 unspecified atom stereocenters. The van der Waals surface area contributed by atoms with Gasteiger partial charge in [-0.25, -0.2) is 4.39 Å². The second-order valence-corrected chi connectivity index (χ2v) is 3.52. The van der Waals surface area contributed by atoms with Crippen molar-refractivity contribution in [3.8, 4) is 5.75 Å². The van der Waals surface area contributed by atoms with Crippen molar-refractivity contribution in [3.05, 3.63) is 29.6 Å². The van der Waals surface area contributed by atoms with Crippen LogP contribution in [-0.2, 0) is 11.2 Å². The third-order valence-electron chi connectivity index (χ3n) is 2.49. The molecule has 0 spiro atoms. The van der Waals surface area contributed by atoms with Crippen LogP contribution in [0.2, 0.25) is 0 Å². The smallest absolute Gasteiger partial charge is 0.227 e. The van der Waals surface area contributed by atoms with Crippen LogP contribution in [0.3, 0.4) is 0 Å². The molecule has 1 amide bonds. The number of phenolic OH excluding ortho intramolecular Hbond substituents is 1. The van der Waals surface area contributed by atoms with Gasteiger partial charge in [0, 0.05) is 18.7 Å². The number of amides is 1. The van der Waals surface area contributed by atoms with Crippen molar-refractivity contribution in [3.63, 3.8) is 0 Å². The molecule has 0 heterocycles. The molecule has 16 heavy (non-hydrogen) atoms. The Bertz CT molecular complexity index is 375. The van der Waals surface area contributed by atoms with Gasteiger partial charge in [-0.1, -0.05) is 0 Å². The summed E-state index contributed by atoms with van der Waals surface area (Å²) >= 11 is 0. The van der Waals surface area contributed by atoms with Gasteiger partial charge in [-0.2, -0.15) is 0 Å². The summed E-state index contributed by atoms with van der Waals surface area (Å²) < 4.78 is 13.3. The minimum Gasteiger partial charge on any atom is -0.508 e. The zero-order chi connectivity index (χ0) is 12.1. The molecule has 0 saturated carbocycles. The molecule has 1 rings (SSSR count). The molecule has 0 saturated heterocycles. The van der Waals surface area contributed by atoms with E-state index in [0.717, 1.165) is 0 Å². The molecule has 0 atom stereocenters. The Morgan fingerprint density at radius 2 is 2.00 bits per heavy atom. The highest BCUT2D eigenvalue weighted by Crippen LogP contribution is 2.16. The van der Waals surface area contributed by atoms with Crippen molar-refractivity contribution in [2.75, 3.05) is 13.1 Å². The van der Waals surface area contributed by atoms with Gasteiger partial charge in [0.25, 0.3) is 0 Å². The average Bonchev–Trinajstić information content (AvgIpc) is 2.25. The number of aromatic hydroxyl groups is 1. The lowest BCUT2D eigenvalue weighted by atomic mass is 10.1. The summed E-state index contributed by atoms with van der Waals surface area (Å²) in [5.74, 6) is -0.614. The minimum absolute atomic E-state index is 0.0120. The normalized spacial score (nSPS) is 10.2. The van der Waals surface area contributed by atoms with Crippen LogP contribution in [0.1, 0.15) is 19.4 Å². The number of nitrogens with zero attached hydrogens (tertiary/aromatic N) is 1. The van der Waals surface area contributed by atoms with Gasteiger partial charge < -0.3 is 10.0 Å².